The highest BCUT2D eigenvalue weighted by Gasteiger charge is 2.24. The zero-order chi connectivity index (χ0) is 19.4. The van der Waals surface area contributed by atoms with Gasteiger partial charge in [0.1, 0.15) is 0 Å². The summed E-state index contributed by atoms with van der Waals surface area (Å²) >= 11 is 0. The minimum atomic E-state index is -3.32. The van der Waals surface area contributed by atoms with Crippen molar-refractivity contribution < 1.29 is 13.2 Å². The van der Waals surface area contributed by atoms with Gasteiger partial charge < -0.3 is 10.6 Å². The summed E-state index contributed by atoms with van der Waals surface area (Å²) in [6, 6.07) is 14.8. The molecule has 2 amide bonds. The van der Waals surface area contributed by atoms with E-state index in [0.29, 0.717) is 5.69 Å². The number of urea groups is 1. The highest BCUT2D eigenvalue weighted by Crippen LogP contribution is 2.20. The predicted molar refractivity (Wildman–Crippen MR) is 107 cm³/mol. The first-order valence-corrected chi connectivity index (χ1v) is 10.8. The third kappa shape index (κ3) is 5.30. The first-order chi connectivity index (χ1) is 12.8. The van der Waals surface area contributed by atoms with Gasteiger partial charge in [0.2, 0.25) is 0 Å². The fraction of sp³-hybridized carbons (Fsp3) is 0.350. The number of nitrogens with one attached hydrogen (secondary N) is 2. The summed E-state index contributed by atoms with van der Waals surface area (Å²) in [6.45, 7) is 4.43. The van der Waals surface area contributed by atoms with Gasteiger partial charge in [-0.2, -0.15) is 0 Å². The number of sulfone groups is 1. The monoisotopic (exact) mass is 387 g/mol. The Morgan fingerprint density at radius 1 is 1.19 bits per heavy atom. The SMILES string of the molecule is Cc1ccc(S(C)(=O)=O)cc1NC(=O)NC1CCN(Cc2ccccc2)C1. The van der Waals surface area contributed by atoms with Gasteiger partial charge in [-0.3, -0.25) is 4.90 Å². The lowest BCUT2D eigenvalue weighted by molar-refractivity contribution is 0.247. The van der Waals surface area contributed by atoms with E-state index in [1.54, 1.807) is 12.1 Å². The maximum absolute atomic E-state index is 12.4. The Bertz CT molecular complexity index is 913. The molecule has 0 spiro atoms. The molecule has 7 heteroatoms. The van der Waals surface area contributed by atoms with Crippen LogP contribution in [0.4, 0.5) is 10.5 Å². The van der Waals surface area contributed by atoms with Gasteiger partial charge in [0.25, 0.3) is 0 Å². The van der Waals surface area contributed by atoms with Crippen LogP contribution < -0.4 is 10.6 Å². The number of anilines is 1. The van der Waals surface area contributed by atoms with Crippen molar-refractivity contribution in [3.8, 4) is 0 Å². The molecule has 1 aliphatic heterocycles. The van der Waals surface area contributed by atoms with Gasteiger partial charge in [-0.25, -0.2) is 13.2 Å². The summed E-state index contributed by atoms with van der Waals surface area (Å²) in [5.41, 5.74) is 2.58. The average Bonchev–Trinajstić information content (AvgIpc) is 3.03. The molecule has 1 heterocycles. The van der Waals surface area contributed by atoms with Crippen LogP contribution in [0.2, 0.25) is 0 Å². The summed E-state index contributed by atoms with van der Waals surface area (Å²) in [5.74, 6) is 0. The minimum absolute atomic E-state index is 0.0760. The molecule has 144 valence electrons. The Kier molecular flexibility index (Phi) is 5.82. The fourth-order valence-electron chi connectivity index (χ4n) is 3.25. The molecule has 27 heavy (non-hydrogen) atoms. The van der Waals surface area contributed by atoms with Crippen molar-refractivity contribution in [3.63, 3.8) is 0 Å². The van der Waals surface area contributed by atoms with E-state index in [2.05, 4.69) is 27.7 Å². The second-order valence-electron chi connectivity index (χ2n) is 7.05. The topological polar surface area (TPSA) is 78.5 Å². The highest BCUT2D eigenvalue weighted by molar-refractivity contribution is 7.90. The molecule has 0 bridgehead atoms. The molecule has 2 N–H and O–H groups in total. The van der Waals surface area contributed by atoms with Crippen LogP contribution in [0, 0.1) is 6.92 Å². The lowest BCUT2D eigenvalue weighted by Gasteiger charge is -2.17. The van der Waals surface area contributed by atoms with E-state index in [0.717, 1.165) is 37.9 Å². The third-order valence-electron chi connectivity index (χ3n) is 4.74. The molecule has 0 aliphatic carbocycles. The molecule has 0 aromatic heterocycles. The van der Waals surface area contributed by atoms with Crippen LogP contribution in [0.5, 0.6) is 0 Å². The Morgan fingerprint density at radius 3 is 2.63 bits per heavy atom. The van der Waals surface area contributed by atoms with Crippen LogP contribution in [0.25, 0.3) is 0 Å². The zero-order valence-corrected chi connectivity index (χ0v) is 16.4. The second kappa shape index (κ2) is 8.10. The number of nitrogens with zero attached hydrogens (tertiary/aromatic N) is 1. The van der Waals surface area contributed by atoms with Crippen molar-refractivity contribution in [2.45, 2.75) is 30.8 Å². The summed E-state index contributed by atoms with van der Waals surface area (Å²) in [4.78, 5) is 14.9. The van der Waals surface area contributed by atoms with Crippen molar-refractivity contribution in [1.29, 1.82) is 0 Å². The van der Waals surface area contributed by atoms with E-state index < -0.39 is 9.84 Å². The van der Waals surface area contributed by atoms with Gasteiger partial charge in [-0.05, 0) is 36.6 Å². The number of hydrogen-bond acceptors (Lipinski definition) is 4. The first kappa shape index (κ1) is 19.4. The van der Waals surface area contributed by atoms with E-state index in [4.69, 9.17) is 0 Å². The van der Waals surface area contributed by atoms with Gasteiger partial charge in [0, 0.05) is 37.6 Å². The number of likely N-dealkylation sites (tertiary alicyclic amines) is 1. The maximum Gasteiger partial charge on any atom is 0.319 e. The van der Waals surface area contributed by atoms with Crippen molar-refractivity contribution >= 4 is 21.6 Å². The molecule has 2 aromatic rings. The normalized spacial score (nSPS) is 17.6. The molecule has 1 unspecified atom stereocenters. The number of aryl methyl sites for hydroxylation is 1. The number of rotatable bonds is 5. The van der Waals surface area contributed by atoms with Crippen molar-refractivity contribution in [1.82, 2.24) is 10.2 Å². The molecule has 1 atom stereocenters. The zero-order valence-electron chi connectivity index (χ0n) is 15.6. The van der Waals surface area contributed by atoms with Gasteiger partial charge >= 0.3 is 6.03 Å². The van der Waals surface area contributed by atoms with Gasteiger partial charge in [-0.1, -0.05) is 36.4 Å². The van der Waals surface area contributed by atoms with Crippen LogP contribution in [0.15, 0.2) is 53.4 Å². The molecule has 3 rings (SSSR count). The Labute approximate surface area is 160 Å². The second-order valence-corrected chi connectivity index (χ2v) is 9.07. The molecule has 1 fully saturated rings. The van der Waals surface area contributed by atoms with E-state index >= 15 is 0 Å². The Morgan fingerprint density at radius 2 is 1.93 bits per heavy atom. The number of carbonyl (C=O) groups excluding carboxylic acids is 1. The standard InChI is InChI=1S/C20H25N3O3S/c1-15-8-9-18(27(2,25)26)12-19(15)22-20(24)21-17-10-11-23(14-17)13-16-6-4-3-5-7-16/h3-9,12,17H,10-11,13-14H2,1-2H3,(H2,21,22,24). The van der Waals surface area contributed by atoms with Gasteiger partial charge in [0.05, 0.1) is 4.90 Å². The number of hydrogen-bond donors (Lipinski definition) is 2. The first-order valence-electron chi connectivity index (χ1n) is 8.96. The van der Waals surface area contributed by atoms with Crippen molar-refractivity contribution in [2.75, 3.05) is 24.7 Å². The molecule has 0 radical (unpaired) electrons. The fourth-order valence-corrected chi connectivity index (χ4v) is 3.89. The summed E-state index contributed by atoms with van der Waals surface area (Å²) in [6.07, 6.45) is 2.05. The number of benzene rings is 2. The molecule has 1 saturated heterocycles. The van der Waals surface area contributed by atoms with Crippen LogP contribution in [0.1, 0.15) is 17.5 Å². The molecule has 0 saturated carbocycles. The van der Waals surface area contributed by atoms with E-state index in [1.165, 1.54) is 11.6 Å². The molecule has 1 aliphatic rings. The van der Waals surface area contributed by atoms with Gasteiger partial charge in [0.15, 0.2) is 9.84 Å². The smallest absolute Gasteiger partial charge is 0.319 e. The predicted octanol–water partition coefficient (Wildman–Crippen LogP) is 2.79. The Balaban J connectivity index is 1.56. The summed E-state index contributed by atoms with van der Waals surface area (Å²) in [5, 5.41) is 5.77. The molecular formula is C20H25N3O3S. The van der Waals surface area contributed by atoms with Gasteiger partial charge in [-0.15, -0.1) is 0 Å². The lowest BCUT2D eigenvalue weighted by Crippen LogP contribution is -2.39. The third-order valence-corrected chi connectivity index (χ3v) is 5.85. The van der Waals surface area contributed by atoms with E-state index in [1.807, 2.05) is 25.1 Å². The van der Waals surface area contributed by atoms with E-state index in [9.17, 15) is 13.2 Å². The largest absolute Gasteiger partial charge is 0.334 e. The van der Waals surface area contributed by atoms with Crippen LogP contribution in [0.3, 0.4) is 0 Å². The van der Waals surface area contributed by atoms with Crippen LogP contribution >= 0.6 is 0 Å². The average molecular weight is 388 g/mol. The lowest BCUT2D eigenvalue weighted by atomic mass is 10.2. The summed E-state index contributed by atoms with van der Waals surface area (Å²) in [7, 11) is -3.32. The maximum atomic E-state index is 12.4. The van der Waals surface area contributed by atoms with Crippen LogP contribution in [-0.2, 0) is 16.4 Å². The minimum Gasteiger partial charge on any atom is -0.334 e. The number of carbonyl (C=O) groups is 1. The van der Waals surface area contributed by atoms with E-state index in [-0.39, 0.29) is 17.0 Å². The summed E-state index contributed by atoms with van der Waals surface area (Å²) < 4.78 is 23.4. The Hall–Kier alpha value is -2.38. The highest BCUT2D eigenvalue weighted by atomic mass is 32.2. The van der Waals surface area contributed by atoms with Crippen molar-refractivity contribution in [2.24, 2.45) is 0 Å². The number of amides is 2. The molecule has 6 nitrogen and oxygen atoms in total. The van der Waals surface area contributed by atoms with Crippen molar-refractivity contribution in [3.05, 3.63) is 59.7 Å². The quantitative estimate of drug-likeness (QED) is 0.827. The van der Waals surface area contributed by atoms with Crippen LogP contribution in [-0.4, -0.2) is 44.7 Å². The molecule has 2 aromatic carbocycles. The molecular weight excluding hydrogens is 362 g/mol.